The molecule has 20 aromatic rings. The topological polar surface area (TPSA) is 90.2 Å². The summed E-state index contributed by atoms with van der Waals surface area (Å²) in [5.74, 6) is 2.59. The predicted octanol–water partition coefficient (Wildman–Crippen LogP) is 24.0. The number of aromatic nitrogens is 7. The quantitative estimate of drug-likeness (QED) is 0.140. The number of pyridine rings is 2. The summed E-state index contributed by atoms with van der Waals surface area (Å²) >= 11 is 0. The molecule has 100 heavy (non-hydrogen) atoms. The summed E-state index contributed by atoms with van der Waals surface area (Å²) in [7, 11) is 0. The van der Waals surface area contributed by atoms with E-state index in [1.165, 1.54) is 75.4 Å². The first kappa shape index (κ1) is 57.9. The van der Waals surface area contributed by atoms with Gasteiger partial charge in [-0.05, 0) is 139 Å². The van der Waals surface area contributed by atoms with E-state index in [9.17, 15) is 0 Å². The van der Waals surface area contributed by atoms with Crippen LogP contribution in [0.2, 0.25) is 0 Å². The van der Waals surface area contributed by atoms with Gasteiger partial charge in [0, 0.05) is 67.7 Å². The second-order valence-electron chi connectivity index (χ2n) is 25.5. The van der Waals surface area contributed by atoms with Gasteiger partial charge in [-0.1, -0.05) is 291 Å². The number of hydrogen-bond acceptors (Lipinski definition) is 7. The fourth-order valence-electron chi connectivity index (χ4n) is 14.8. The van der Waals surface area contributed by atoms with Gasteiger partial charge in [0.1, 0.15) is 0 Å². The van der Waals surface area contributed by atoms with Crippen LogP contribution >= 0.6 is 0 Å². The number of benzene rings is 16. The highest BCUT2D eigenvalue weighted by Crippen LogP contribution is 2.42. The van der Waals surface area contributed by atoms with Crippen LogP contribution in [0.5, 0.6) is 0 Å². The van der Waals surface area contributed by atoms with E-state index in [1.54, 1.807) is 0 Å². The van der Waals surface area contributed by atoms with Gasteiger partial charge in [0.05, 0.1) is 22.8 Å². The van der Waals surface area contributed by atoms with Crippen molar-refractivity contribution in [3.05, 3.63) is 346 Å². The van der Waals surface area contributed by atoms with E-state index in [1.807, 2.05) is 18.5 Å². The highest BCUT2D eigenvalue weighted by Gasteiger charge is 2.21. The molecule has 0 bridgehead atoms. The molecule has 0 atom stereocenters. The Balaban J connectivity index is 0.000000139. The number of nitrogens with zero attached hydrogens (tertiary/aromatic N) is 7. The van der Waals surface area contributed by atoms with Crippen LogP contribution in [-0.2, 0) is 0 Å². The molecule has 0 aliphatic rings. The van der Waals surface area contributed by atoms with Gasteiger partial charge >= 0.3 is 0 Å². The van der Waals surface area contributed by atoms with Gasteiger partial charge < -0.3 is 0 Å². The van der Waals surface area contributed by atoms with Crippen LogP contribution in [0.15, 0.2) is 346 Å². The Morgan fingerprint density at radius 1 is 0.170 bits per heavy atom. The maximum Gasteiger partial charge on any atom is 0.164 e. The van der Waals surface area contributed by atoms with Gasteiger partial charge in [-0.2, -0.15) is 0 Å². The first-order chi connectivity index (χ1) is 49.5. The molecule has 7 heteroatoms. The van der Waals surface area contributed by atoms with Crippen LogP contribution < -0.4 is 0 Å². The zero-order valence-corrected chi connectivity index (χ0v) is 54.0. The van der Waals surface area contributed by atoms with Gasteiger partial charge in [0.2, 0.25) is 0 Å². The number of rotatable bonds is 8. The minimum atomic E-state index is 0.623. The molecule has 0 spiro atoms. The lowest BCUT2D eigenvalue weighted by molar-refractivity contribution is 1.08. The molecule has 0 saturated heterocycles. The standard InChI is InChI=1S/C47H29N3.C46H28N4/c1-6-16-37-30(11-1)25-26-48-46(37)31-21-23-32(24-22-31)47-49-44(42-27-33-12-2-4-14-35(33)38-17-7-9-19-40(38)42)29-45(50-47)43-28-34-13-3-5-15-36(34)39-18-8-10-20-41(39)43;1-2-14-34-28-47-43(27-31(34)11-1)29-21-23-30(24-22-29)44-48-45(41-25-32-12-3-5-15-35(32)37-17-7-9-19-39(37)41)50-46(49-44)42-26-33-13-4-6-16-36(33)38-18-8-10-20-40(38)42/h1-29H;1-28H. The van der Waals surface area contributed by atoms with Crippen molar-refractivity contribution in [3.63, 3.8) is 0 Å². The van der Waals surface area contributed by atoms with Crippen molar-refractivity contribution in [2.45, 2.75) is 0 Å². The van der Waals surface area contributed by atoms with Crippen molar-refractivity contribution in [1.29, 1.82) is 0 Å². The van der Waals surface area contributed by atoms with Gasteiger partial charge in [0.15, 0.2) is 23.3 Å². The third kappa shape index (κ3) is 10.3. The van der Waals surface area contributed by atoms with E-state index in [2.05, 4.69) is 328 Å². The van der Waals surface area contributed by atoms with Crippen LogP contribution in [0.25, 0.3) is 198 Å². The molecule has 0 aliphatic carbocycles. The molecule has 4 aromatic heterocycles. The predicted molar refractivity (Wildman–Crippen MR) is 416 cm³/mol. The van der Waals surface area contributed by atoms with Crippen molar-refractivity contribution in [1.82, 2.24) is 34.9 Å². The van der Waals surface area contributed by atoms with E-state index < -0.39 is 0 Å². The molecule has 7 nitrogen and oxygen atoms in total. The summed E-state index contributed by atoms with van der Waals surface area (Å²) in [5.41, 5.74) is 11.8. The zero-order chi connectivity index (χ0) is 66.0. The van der Waals surface area contributed by atoms with Crippen LogP contribution in [0.1, 0.15) is 0 Å². The average Bonchev–Trinajstić information content (AvgIpc) is 0.763. The molecule has 20 rings (SSSR count). The summed E-state index contributed by atoms with van der Waals surface area (Å²) in [6.45, 7) is 0. The van der Waals surface area contributed by atoms with E-state index in [0.29, 0.717) is 23.3 Å². The summed E-state index contributed by atoms with van der Waals surface area (Å²) in [5, 5.41) is 23.5. The largest absolute Gasteiger partial charge is 0.256 e. The highest BCUT2D eigenvalue weighted by atomic mass is 15.0. The van der Waals surface area contributed by atoms with E-state index in [0.717, 1.165) is 99.6 Å². The first-order valence-corrected chi connectivity index (χ1v) is 33.7. The maximum atomic E-state index is 5.32. The Labute approximate surface area is 575 Å². The van der Waals surface area contributed by atoms with E-state index in [4.69, 9.17) is 34.9 Å². The molecule has 16 aromatic carbocycles. The Bertz CT molecular complexity index is 6380. The SMILES string of the molecule is c1ccc2c(-c3ccc(-c4nc(-c5cc6ccccc6c6ccccc56)cc(-c5cc6ccccc6c6ccccc56)n4)cc3)nccc2c1.c1ccc2cc(-c3ccc(-c4nc(-c5cc6ccccc6c6ccccc56)nc(-c5cc6ccccc6c6ccccc56)n4)cc3)ncc2c1. The molecule has 0 fully saturated rings. The molecule has 464 valence electrons. The normalized spacial score (nSPS) is 11.6. The van der Waals surface area contributed by atoms with Crippen molar-refractivity contribution >= 4 is 108 Å². The molecule has 0 amide bonds. The van der Waals surface area contributed by atoms with Gasteiger partial charge in [-0.15, -0.1) is 0 Å². The summed E-state index contributed by atoms with van der Waals surface area (Å²) in [6, 6.07) is 117. The fourth-order valence-corrected chi connectivity index (χ4v) is 14.8. The van der Waals surface area contributed by atoms with Crippen molar-refractivity contribution in [2.24, 2.45) is 0 Å². The number of hydrogen-bond donors (Lipinski definition) is 0. The van der Waals surface area contributed by atoms with Crippen LogP contribution in [0.3, 0.4) is 0 Å². The summed E-state index contributed by atoms with van der Waals surface area (Å²) in [6.07, 6.45) is 3.82. The van der Waals surface area contributed by atoms with Crippen molar-refractivity contribution < 1.29 is 0 Å². The first-order valence-electron chi connectivity index (χ1n) is 33.7. The zero-order valence-electron chi connectivity index (χ0n) is 54.0. The Kier molecular flexibility index (Phi) is 14.1. The molecular weight excluding hydrogens is 1220 g/mol. The van der Waals surface area contributed by atoms with Crippen LogP contribution in [-0.4, -0.2) is 34.9 Å². The maximum absolute atomic E-state index is 5.32. The van der Waals surface area contributed by atoms with Gasteiger partial charge in [0.25, 0.3) is 0 Å². The van der Waals surface area contributed by atoms with Crippen LogP contribution in [0.4, 0.5) is 0 Å². The molecule has 0 saturated carbocycles. The smallest absolute Gasteiger partial charge is 0.164 e. The Morgan fingerprint density at radius 3 is 0.940 bits per heavy atom. The molecule has 0 unspecified atom stereocenters. The molecule has 4 heterocycles. The third-order valence-electron chi connectivity index (χ3n) is 19.6. The van der Waals surface area contributed by atoms with Gasteiger partial charge in [-0.25, -0.2) is 24.9 Å². The van der Waals surface area contributed by atoms with Crippen molar-refractivity contribution in [2.75, 3.05) is 0 Å². The second kappa shape index (κ2) is 24.3. The highest BCUT2D eigenvalue weighted by molar-refractivity contribution is 6.17. The monoisotopic (exact) mass is 1270 g/mol. The van der Waals surface area contributed by atoms with E-state index >= 15 is 0 Å². The lowest BCUT2D eigenvalue weighted by atomic mass is 9.93. The van der Waals surface area contributed by atoms with Crippen LogP contribution in [0, 0.1) is 0 Å². The summed E-state index contributed by atoms with van der Waals surface area (Å²) < 4.78 is 0. The average molecular weight is 1270 g/mol. The minimum absolute atomic E-state index is 0.623. The Morgan fingerprint density at radius 2 is 0.490 bits per heavy atom. The molecule has 0 N–H and O–H groups in total. The number of fused-ring (bicyclic) bond motifs is 14. The third-order valence-corrected chi connectivity index (χ3v) is 19.6. The fraction of sp³-hybridized carbons (Fsp3) is 0. The van der Waals surface area contributed by atoms with E-state index in [-0.39, 0.29) is 0 Å². The lowest BCUT2D eigenvalue weighted by Gasteiger charge is -2.15. The second-order valence-corrected chi connectivity index (χ2v) is 25.5. The molecule has 0 radical (unpaired) electrons. The minimum Gasteiger partial charge on any atom is -0.256 e. The molecule has 0 aliphatic heterocycles. The Hall–Kier alpha value is -13.5. The van der Waals surface area contributed by atoms with Crippen molar-refractivity contribution in [3.8, 4) is 90.6 Å². The lowest BCUT2D eigenvalue weighted by Crippen LogP contribution is -2.01. The van der Waals surface area contributed by atoms with Gasteiger partial charge in [-0.3, -0.25) is 9.97 Å². The molecular formula is C93H57N7. The summed E-state index contributed by atoms with van der Waals surface area (Å²) in [4.78, 5) is 35.8.